The van der Waals surface area contributed by atoms with E-state index in [1.807, 2.05) is 0 Å². The highest BCUT2D eigenvalue weighted by molar-refractivity contribution is 9.09. The summed E-state index contributed by atoms with van der Waals surface area (Å²) in [5, 5.41) is 3.31. The number of alkyl halides is 1. The van der Waals surface area contributed by atoms with Gasteiger partial charge in [0.25, 0.3) is 0 Å². The smallest absolute Gasteiger partial charge is 0.230 e. The molecular formula is C6H10BrNO. The van der Waals surface area contributed by atoms with E-state index in [1.165, 1.54) is 19.3 Å². The molecule has 1 saturated carbocycles. The van der Waals surface area contributed by atoms with Gasteiger partial charge in [0.05, 0.1) is 5.33 Å². The maximum Gasteiger partial charge on any atom is 0.230 e. The number of rotatable bonds is 2. The van der Waals surface area contributed by atoms with Crippen molar-refractivity contribution in [3.8, 4) is 0 Å². The van der Waals surface area contributed by atoms with Gasteiger partial charge in [-0.05, 0) is 19.3 Å². The molecule has 1 aliphatic carbocycles. The summed E-state index contributed by atoms with van der Waals surface area (Å²) in [6.45, 7) is 0. The zero-order chi connectivity index (χ0) is 6.69. The van der Waals surface area contributed by atoms with E-state index in [1.54, 1.807) is 0 Å². The van der Waals surface area contributed by atoms with Gasteiger partial charge >= 0.3 is 0 Å². The second-order valence-electron chi connectivity index (χ2n) is 2.33. The van der Waals surface area contributed by atoms with Crippen LogP contribution < -0.4 is 5.32 Å². The molecule has 1 aliphatic rings. The lowest BCUT2D eigenvalue weighted by Gasteiger charge is -2.25. The molecule has 0 bridgehead atoms. The SMILES string of the molecule is O=C(CBr)NC1CCC1. The molecule has 0 radical (unpaired) electrons. The molecule has 0 atom stereocenters. The Balaban J connectivity index is 2.09. The van der Waals surface area contributed by atoms with Crippen LogP contribution in [0, 0.1) is 0 Å². The summed E-state index contributed by atoms with van der Waals surface area (Å²) in [5.41, 5.74) is 0. The van der Waals surface area contributed by atoms with Crippen LogP contribution >= 0.6 is 15.9 Å². The number of nitrogens with one attached hydrogen (secondary N) is 1. The first-order chi connectivity index (χ1) is 4.33. The van der Waals surface area contributed by atoms with Crippen LogP contribution in [0.3, 0.4) is 0 Å². The molecule has 0 aromatic rings. The lowest BCUT2D eigenvalue weighted by atomic mass is 9.93. The summed E-state index contributed by atoms with van der Waals surface area (Å²) in [6.07, 6.45) is 3.60. The molecule has 3 heteroatoms. The Morgan fingerprint density at radius 1 is 1.67 bits per heavy atom. The van der Waals surface area contributed by atoms with Crippen molar-refractivity contribution in [2.24, 2.45) is 0 Å². The highest BCUT2D eigenvalue weighted by atomic mass is 79.9. The highest BCUT2D eigenvalue weighted by Crippen LogP contribution is 2.17. The molecule has 0 aromatic carbocycles. The van der Waals surface area contributed by atoms with Gasteiger partial charge < -0.3 is 5.32 Å². The van der Waals surface area contributed by atoms with E-state index in [-0.39, 0.29) is 5.91 Å². The number of carbonyl (C=O) groups is 1. The first-order valence-electron chi connectivity index (χ1n) is 3.18. The van der Waals surface area contributed by atoms with Crippen molar-refractivity contribution < 1.29 is 4.79 Å². The van der Waals surface area contributed by atoms with Gasteiger partial charge in [0.15, 0.2) is 0 Å². The van der Waals surface area contributed by atoms with Crippen LogP contribution in [-0.2, 0) is 4.79 Å². The van der Waals surface area contributed by atoms with Crippen molar-refractivity contribution in [1.29, 1.82) is 0 Å². The minimum absolute atomic E-state index is 0.111. The largest absolute Gasteiger partial charge is 0.353 e. The van der Waals surface area contributed by atoms with Crippen molar-refractivity contribution in [3.63, 3.8) is 0 Å². The Morgan fingerprint density at radius 2 is 2.33 bits per heavy atom. The third kappa shape index (κ3) is 1.97. The molecule has 0 saturated heterocycles. The van der Waals surface area contributed by atoms with Crippen LogP contribution in [0.15, 0.2) is 0 Å². The van der Waals surface area contributed by atoms with Gasteiger partial charge in [0, 0.05) is 6.04 Å². The maximum atomic E-state index is 10.7. The molecule has 52 valence electrons. The Kier molecular flexibility index (Phi) is 2.51. The summed E-state index contributed by atoms with van der Waals surface area (Å²) >= 11 is 3.08. The number of halogens is 1. The van der Waals surface area contributed by atoms with Gasteiger partial charge in [-0.2, -0.15) is 0 Å². The van der Waals surface area contributed by atoms with Crippen LogP contribution in [0.5, 0.6) is 0 Å². The summed E-state index contributed by atoms with van der Waals surface area (Å²) < 4.78 is 0. The summed E-state index contributed by atoms with van der Waals surface area (Å²) in [7, 11) is 0. The van der Waals surface area contributed by atoms with E-state index >= 15 is 0 Å². The number of hydrogen-bond acceptors (Lipinski definition) is 1. The van der Waals surface area contributed by atoms with E-state index in [9.17, 15) is 4.79 Å². The number of hydrogen-bond donors (Lipinski definition) is 1. The van der Waals surface area contributed by atoms with Crippen molar-refractivity contribution in [2.75, 3.05) is 5.33 Å². The molecule has 2 nitrogen and oxygen atoms in total. The zero-order valence-corrected chi connectivity index (χ0v) is 6.78. The summed E-state index contributed by atoms with van der Waals surface area (Å²) in [6, 6.07) is 0.482. The quantitative estimate of drug-likeness (QED) is 0.651. The van der Waals surface area contributed by atoms with Gasteiger partial charge in [0.2, 0.25) is 5.91 Å². The molecule has 0 aliphatic heterocycles. The minimum Gasteiger partial charge on any atom is -0.353 e. The van der Waals surface area contributed by atoms with Crippen LogP contribution in [0.2, 0.25) is 0 Å². The minimum atomic E-state index is 0.111. The molecule has 1 amide bonds. The Morgan fingerprint density at radius 3 is 2.67 bits per heavy atom. The van der Waals surface area contributed by atoms with Crippen LogP contribution in [-0.4, -0.2) is 17.3 Å². The first kappa shape index (κ1) is 7.06. The van der Waals surface area contributed by atoms with Gasteiger partial charge in [-0.25, -0.2) is 0 Å². The average molecular weight is 192 g/mol. The predicted molar refractivity (Wildman–Crippen MR) is 39.6 cm³/mol. The zero-order valence-electron chi connectivity index (χ0n) is 5.19. The highest BCUT2D eigenvalue weighted by Gasteiger charge is 2.18. The maximum absolute atomic E-state index is 10.7. The Bertz CT molecular complexity index is 112. The second kappa shape index (κ2) is 3.20. The predicted octanol–water partition coefficient (Wildman–Crippen LogP) is 1.05. The fourth-order valence-corrected chi connectivity index (χ4v) is 0.981. The molecule has 9 heavy (non-hydrogen) atoms. The molecule has 1 N–H and O–H groups in total. The lowest BCUT2D eigenvalue weighted by Crippen LogP contribution is -2.39. The van der Waals surface area contributed by atoms with Gasteiger partial charge in [0.1, 0.15) is 0 Å². The van der Waals surface area contributed by atoms with E-state index in [2.05, 4.69) is 21.2 Å². The molecule has 0 heterocycles. The van der Waals surface area contributed by atoms with Gasteiger partial charge in [-0.1, -0.05) is 15.9 Å². The molecule has 0 spiro atoms. The van der Waals surface area contributed by atoms with Crippen molar-refractivity contribution in [3.05, 3.63) is 0 Å². The number of carbonyl (C=O) groups excluding carboxylic acids is 1. The average Bonchev–Trinajstić information content (AvgIpc) is 1.78. The number of amides is 1. The van der Waals surface area contributed by atoms with E-state index in [4.69, 9.17) is 0 Å². The van der Waals surface area contributed by atoms with E-state index in [0.29, 0.717) is 11.4 Å². The first-order valence-corrected chi connectivity index (χ1v) is 4.30. The lowest BCUT2D eigenvalue weighted by molar-refractivity contribution is -0.119. The van der Waals surface area contributed by atoms with Crippen LogP contribution in [0.4, 0.5) is 0 Å². The third-order valence-electron chi connectivity index (χ3n) is 1.59. The topological polar surface area (TPSA) is 29.1 Å². The molecular weight excluding hydrogens is 182 g/mol. The summed E-state index contributed by atoms with van der Waals surface area (Å²) in [4.78, 5) is 10.7. The van der Waals surface area contributed by atoms with Crippen molar-refractivity contribution in [2.45, 2.75) is 25.3 Å². The molecule has 1 fully saturated rings. The van der Waals surface area contributed by atoms with Crippen LogP contribution in [0.1, 0.15) is 19.3 Å². The third-order valence-corrected chi connectivity index (χ3v) is 2.10. The second-order valence-corrected chi connectivity index (χ2v) is 2.89. The molecule has 0 unspecified atom stereocenters. The fraction of sp³-hybridized carbons (Fsp3) is 0.833. The molecule has 0 aromatic heterocycles. The Labute approximate surface area is 63.1 Å². The standard InChI is InChI=1S/C6H10BrNO/c7-4-6(9)8-5-2-1-3-5/h5H,1-4H2,(H,8,9). The molecule has 1 rings (SSSR count). The van der Waals surface area contributed by atoms with Crippen molar-refractivity contribution in [1.82, 2.24) is 5.32 Å². The van der Waals surface area contributed by atoms with Gasteiger partial charge in [-0.15, -0.1) is 0 Å². The van der Waals surface area contributed by atoms with Gasteiger partial charge in [-0.3, -0.25) is 4.79 Å². The summed E-state index contributed by atoms with van der Waals surface area (Å²) in [5.74, 6) is 0.111. The Hall–Kier alpha value is -0.0500. The van der Waals surface area contributed by atoms with Crippen molar-refractivity contribution >= 4 is 21.8 Å². The monoisotopic (exact) mass is 191 g/mol. The fourth-order valence-electron chi connectivity index (χ4n) is 0.819. The normalized spacial score (nSPS) is 18.8. The van der Waals surface area contributed by atoms with E-state index in [0.717, 1.165) is 0 Å². The van der Waals surface area contributed by atoms with Crippen LogP contribution in [0.25, 0.3) is 0 Å². The van der Waals surface area contributed by atoms with E-state index < -0.39 is 0 Å².